The average Bonchev–Trinajstić information content (AvgIpc) is 3.73. The maximum Gasteiger partial charge on any atom is 0.490 e. The Labute approximate surface area is 237 Å². The largest absolute Gasteiger partial charge is 0.490 e. The number of carboxylic acid groups (broad SMARTS) is 1. The molecule has 2 aromatic heterocycles. The number of anilines is 2. The second-order valence-electron chi connectivity index (χ2n) is 9.85. The van der Waals surface area contributed by atoms with Crippen molar-refractivity contribution in [2.75, 3.05) is 11.1 Å². The lowest BCUT2D eigenvalue weighted by molar-refractivity contribution is -0.192. The topological polar surface area (TPSA) is 162 Å². The monoisotopic (exact) mass is 606 g/mol. The molecule has 4 N–H and O–H groups in total. The number of carboxylic acids is 1. The number of alkyl halides is 3. The Morgan fingerprint density at radius 1 is 0.925 bits per heavy atom. The van der Waals surface area contributed by atoms with Crippen LogP contribution in [0.25, 0.3) is 0 Å². The highest BCUT2D eigenvalue weighted by Gasteiger charge is 2.38. The van der Waals surface area contributed by atoms with Crippen LogP contribution in [-0.2, 0) is 9.53 Å². The minimum Gasteiger partial charge on any atom is -0.475 e. The molecule has 2 fully saturated rings. The molecule has 0 bridgehead atoms. The molecule has 0 unspecified atom stereocenters. The molecule has 2 aliphatic carbocycles. The van der Waals surface area contributed by atoms with Crippen LogP contribution in [-0.4, -0.2) is 50.5 Å². The fourth-order valence-electron chi connectivity index (χ4n) is 2.93. The minimum atomic E-state index is -5.08. The van der Waals surface area contributed by atoms with Crippen molar-refractivity contribution in [1.82, 2.24) is 9.97 Å². The lowest BCUT2D eigenvalue weighted by Gasteiger charge is -2.20. The molecule has 1 amide bonds. The summed E-state index contributed by atoms with van der Waals surface area (Å²) in [6.45, 7) is 5.30. The molecule has 0 saturated heterocycles. The van der Waals surface area contributed by atoms with Gasteiger partial charge >= 0.3 is 18.2 Å². The average molecular weight is 607 g/mol. The Kier molecular flexibility index (Phi) is 10.9. The highest BCUT2D eigenvalue weighted by atomic mass is 35.5. The van der Waals surface area contributed by atoms with Crippen molar-refractivity contribution in [2.24, 2.45) is 11.8 Å². The van der Waals surface area contributed by atoms with E-state index in [4.69, 9.17) is 43.6 Å². The fourth-order valence-corrected chi connectivity index (χ4v) is 3.25. The SMILES string of the molecule is CC(C)(C)OC(=O)Nc1cnc(Cl)cc1C(=O)C1CC1.Nc1cnc(Cl)cc1C(=O)C1CC1.O=C(O)C(F)(F)F. The van der Waals surface area contributed by atoms with Gasteiger partial charge in [0.1, 0.15) is 15.9 Å². The number of pyridine rings is 2. The molecule has 15 heteroatoms. The number of aliphatic carboxylic acids is 1. The quantitative estimate of drug-likeness (QED) is 0.265. The van der Waals surface area contributed by atoms with Gasteiger partial charge in [0.05, 0.1) is 23.8 Å². The first-order valence-electron chi connectivity index (χ1n) is 11.8. The second kappa shape index (κ2) is 13.3. The van der Waals surface area contributed by atoms with Crippen molar-refractivity contribution in [1.29, 1.82) is 0 Å². The molecule has 2 aromatic rings. The number of carbonyl (C=O) groups excluding carboxylic acids is 3. The number of ketones is 2. The van der Waals surface area contributed by atoms with E-state index in [0.29, 0.717) is 27.7 Å². The molecule has 0 aromatic carbocycles. The lowest BCUT2D eigenvalue weighted by atomic mass is 10.1. The number of nitrogen functional groups attached to an aromatic ring is 1. The van der Waals surface area contributed by atoms with Gasteiger partial charge in [-0.3, -0.25) is 14.9 Å². The molecular formula is C25H27Cl2F3N4O6. The summed E-state index contributed by atoms with van der Waals surface area (Å²) in [4.78, 5) is 52.1. The van der Waals surface area contributed by atoms with Crippen LogP contribution >= 0.6 is 23.2 Å². The molecule has 2 saturated carbocycles. The van der Waals surface area contributed by atoms with Crippen molar-refractivity contribution in [3.63, 3.8) is 0 Å². The van der Waals surface area contributed by atoms with Crippen molar-refractivity contribution in [2.45, 2.75) is 58.2 Å². The maximum atomic E-state index is 12.2. The van der Waals surface area contributed by atoms with Crippen LogP contribution in [0, 0.1) is 11.8 Å². The molecule has 10 nitrogen and oxygen atoms in total. The number of amides is 1. The summed E-state index contributed by atoms with van der Waals surface area (Å²) in [5.74, 6) is -2.47. The molecule has 40 heavy (non-hydrogen) atoms. The van der Waals surface area contributed by atoms with E-state index in [-0.39, 0.29) is 28.6 Å². The number of nitrogens with zero attached hydrogens (tertiary/aromatic N) is 2. The number of hydrogen-bond acceptors (Lipinski definition) is 8. The Morgan fingerprint density at radius 2 is 1.35 bits per heavy atom. The number of aromatic nitrogens is 2. The van der Waals surface area contributed by atoms with Gasteiger partial charge < -0.3 is 15.6 Å². The van der Waals surface area contributed by atoms with Gasteiger partial charge in [-0.05, 0) is 58.6 Å². The fraction of sp³-hybridized carbons (Fsp3) is 0.440. The van der Waals surface area contributed by atoms with Gasteiger partial charge in [0.15, 0.2) is 11.6 Å². The third-order valence-electron chi connectivity index (χ3n) is 5.08. The van der Waals surface area contributed by atoms with E-state index in [2.05, 4.69) is 15.3 Å². The number of hydrogen-bond donors (Lipinski definition) is 3. The molecule has 0 atom stereocenters. The summed E-state index contributed by atoms with van der Waals surface area (Å²) in [7, 11) is 0. The van der Waals surface area contributed by atoms with Gasteiger partial charge in [-0.25, -0.2) is 19.6 Å². The summed E-state index contributed by atoms with van der Waals surface area (Å²) in [6, 6.07) is 3.02. The Bertz CT molecular complexity index is 1280. The van der Waals surface area contributed by atoms with Crippen molar-refractivity contribution in [3.05, 3.63) is 46.0 Å². The number of rotatable bonds is 5. The van der Waals surface area contributed by atoms with Gasteiger partial charge in [0.25, 0.3) is 0 Å². The highest BCUT2D eigenvalue weighted by molar-refractivity contribution is 6.30. The first-order chi connectivity index (χ1) is 18.4. The first kappa shape index (κ1) is 32.8. The van der Waals surface area contributed by atoms with Crippen LogP contribution in [0.15, 0.2) is 24.5 Å². The van der Waals surface area contributed by atoms with Crippen molar-refractivity contribution >= 4 is 58.2 Å². The zero-order valence-corrected chi connectivity index (χ0v) is 23.2. The maximum absolute atomic E-state index is 12.2. The van der Waals surface area contributed by atoms with Crippen molar-refractivity contribution < 1.29 is 42.2 Å². The van der Waals surface area contributed by atoms with E-state index in [1.165, 1.54) is 24.5 Å². The predicted molar refractivity (Wildman–Crippen MR) is 141 cm³/mol. The van der Waals surface area contributed by atoms with Gasteiger partial charge in [0, 0.05) is 23.0 Å². The summed E-state index contributed by atoms with van der Waals surface area (Å²) in [6.07, 6.45) is 0.803. The Hall–Kier alpha value is -3.45. The number of ether oxygens (including phenoxy) is 1. The third-order valence-corrected chi connectivity index (χ3v) is 5.49. The second-order valence-corrected chi connectivity index (χ2v) is 10.6. The standard InChI is InChI=1S/C14H17ClN2O3.C9H9ClN2O.C2HF3O2/c1-14(2,3)20-13(19)17-10-7-16-11(15)6-9(10)12(18)8-4-5-8;10-8-3-6(7(11)4-12-8)9(13)5-1-2-5;3-2(4,5)1(6)7/h6-8H,4-5H2,1-3H3,(H,17,19);3-5H,1-2,11H2;(H,6,7). The zero-order valence-electron chi connectivity index (χ0n) is 21.6. The number of nitrogens with two attached hydrogens (primary N) is 1. The molecule has 218 valence electrons. The normalized spacial score (nSPS) is 14.5. The van der Waals surface area contributed by atoms with Crippen molar-refractivity contribution in [3.8, 4) is 0 Å². The van der Waals surface area contributed by atoms with Crippen LogP contribution in [0.3, 0.4) is 0 Å². The van der Waals surface area contributed by atoms with Gasteiger partial charge in [0.2, 0.25) is 0 Å². The van der Waals surface area contributed by atoms with E-state index in [1.807, 2.05) is 0 Å². The molecule has 2 heterocycles. The van der Waals surface area contributed by atoms with Crippen LogP contribution in [0.4, 0.5) is 29.3 Å². The number of carbonyl (C=O) groups is 4. The first-order valence-corrected chi connectivity index (χ1v) is 12.6. The molecule has 0 aliphatic heterocycles. The predicted octanol–water partition coefficient (Wildman–Crippen LogP) is 6.22. The van der Waals surface area contributed by atoms with E-state index in [9.17, 15) is 27.6 Å². The summed E-state index contributed by atoms with van der Waals surface area (Å²) in [5.41, 5.74) is 6.66. The van der Waals surface area contributed by atoms with Crippen LogP contribution in [0.1, 0.15) is 67.2 Å². The number of Topliss-reactive ketones (excluding diaryl/α,β-unsaturated/α-hetero) is 2. The molecule has 2 aliphatic rings. The van der Waals surface area contributed by atoms with Gasteiger partial charge in [-0.15, -0.1) is 0 Å². The zero-order chi connectivity index (χ0) is 30.4. The van der Waals surface area contributed by atoms with E-state index in [0.717, 1.165) is 25.7 Å². The summed E-state index contributed by atoms with van der Waals surface area (Å²) >= 11 is 11.5. The van der Waals surface area contributed by atoms with E-state index >= 15 is 0 Å². The molecular weight excluding hydrogens is 580 g/mol. The minimum absolute atomic E-state index is 0.0136. The highest BCUT2D eigenvalue weighted by Crippen LogP contribution is 2.35. The smallest absolute Gasteiger partial charge is 0.475 e. The third kappa shape index (κ3) is 11.0. The van der Waals surface area contributed by atoms with E-state index in [1.54, 1.807) is 20.8 Å². The van der Waals surface area contributed by atoms with Gasteiger partial charge in [-0.1, -0.05) is 23.2 Å². The van der Waals surface area contributed by atoms with Crippen LogP contribution < -0.4 is 11.1 Å². The summed E-state index contributed by atoms with van der Waals surface area (Å²) < 4.78 is 36.9. The molecule has 0 radical (unpaired) electrons. The van der Waals surface area contributed by atoms with Gasteiger partial charge in [-0.2, -0.15) is 13.2 Å². The van der Waals surface area contributed by atoms with E-state index < -0.39 is 23.8 Å². The lowest BCUT2D eigenvalue weighted by Crippen LogP contribution is -2.27. The molecule has 0 spiro atoms. The summed E-state index contributed by atoms with van der Waals surface area (Å²) in [5, 5.41) is 10.2. The van der Waals surface area contributed by atoms with Crippen LogP contribution in [0.5, 0.6) is 0 Å². The number of nitrogens with one attached hydrogen (secondary N) is 1. The Balaban J connectivity index is 0.000000239. The Morgan fingerprint density at radius 3 is 1.77 bits per heavy atom. The molecule has 4 rings (SSSR count). The van der Waals surface area contributed by atoms with Crippen LogP contribution in [0.2, 0.25) is 10.3 Å². The number of halogens is 5.